The lowest BCUT2D eigenvalue weighted by molar-refractivity contribution is -0.160. The fraction of sp³-hybridized carbons (Fsp3) is 0.923. The quantitative estimate of drug-likeness (QED) is 0.678. The van der Waals surface area contributed by atoms with Gasteiger partial charge in [0, 0.05) is 13.1 Å². The molecule has 3 atom stereocenters. The maximum Gasteiger partial charge on any atom is 0.323 e. The van der Waals surface area contributed by atoms with Crippen LogP contribution in [0.4, 0.5) is 0 Å². The van der Waals surface area contributed by atoms with Crippen molar-refractivity contribution in [2.45, 2.75) is 53.2 Å². The summed E-state index contributed by atoms with van der Waals surface area (Å²) >= 11 is 0. The molecule has 1 rings (SSSR count). The Morgan fingerprint density at radius 3 is 2.06 bits per heavy atom. The molecule has 0 saturated carbocycles. The van der Waals surface area contributed by atoms with E-state index in [1.807, 2.05) is 27.7 Å². The number of hydrogen-bond donors (Lipinski definition) is 0. The molecule has 0 aromatic carbocycles. The van der Waals surface area contributed by atoms with E-state index in [1.165, 1.54) is 0 Å². The Kier molecular flexibility index (Phi) is 4.00. The van der Waals surface area contributed by atoms with Gasteiger partial charge in [-0.05, 0) is 39.5 Å². The van der Waals surface area contributed by atoms with Gasteiger partial charge in [0.1, 0.15) is 11.6 Å². The summed E-state index contributed by atoms with van der Waals surface area (Å²) in [5, 5.41) is 0. The summed E-state index contributed by atoms with van der Waals surface area (Å²) in [7, 11) is 0. The highest BCUT2D eigenvalue weighted by atomic mass is 16.6. The minimum atomic E-state index is -0.387. The van der Waals surface area contributed by atoms with E-state index in [1.54, 1.807) is 0 Å². The van der Waals surface area contributed by atoms with Crippen LogP contribution in [-0.4, -0.2) is 35.6 Å². The summed E-state index contributed by atoms with van der Waals surface area (Å²) in [4.78, 5) is 14.1. The van der Waals surface area contributed by atoms with Gasteiger partial charge in [-0.1, -0.05) is 13.8 Å². The van der Waals surface area contributed by atoms with Crippen molar-refractivity contribution >= 4 is 5.97 Å². The zero-order chi connectivity index (χ0) is 12.5. The molecule has 0 amide bonds. The first-order chi connectivity index (χ1) is 7.20. The molecule has 0 aromatic rings. The number of ether oxygens (including phenoxy) is 1. The van der Waals surface area contributed by atoms with E-state index in [-0.39, 0.29) is 17.6 Å². The lowest BCUT2D eigenvalue weighted by Crippen LogP contribution is -2.41. The lowest BCUT2D eigenvalue weighted by atomic mass is 10.0. The SMILES string of the molecule is CC1CN(C(C)C(=O)OC(C)(C)C)CC1C. The van der Waals surface area contributed by atoms with E-state index in [0.717, 1.165) is 13.1 Å². The first kappa shape index (κ1) is 13.5. The average Bonchev–Trinajstić information content (AvgIpc) is 2.43. The standard InChI is InChI=1S/C13H25NO2/c1-9-7-14(8-10(9)2)11(3)12(15)16-13(4,5)6/h9-11H,7-8H2,1-6H3. The molecule has 1 aliphatic heterocycles. The fourth-order valence-electron chi connectivity index (χ4n) is 2.03. The smallest absolute Gasteiger partial charge is 0.323 e. The summed E-state index contributed by atoms with van der Waals surface area (Å²) in [6.07, 6.45) is 0. The van der Waals surface area contributed by atoms with Crippen molar-refractivity contribution in [1.82, 2.24) is 4.90 Å². The Morgan fingerprint density at radius 2 is 1.69 bits per heavy atom. The molecule has 1 aliphatic rings. The van der Waals surface area contributed by atoms with Crippen LogP contribution in [0.5, 0.6) is 0 Å². The Labute approximate surface area is 99.1 Å². The number of esters is 1. The highest BCUT2D eigenvalue weighted by molar-refractivity contribution is 5.75. The van der Waals surface area contributed by atoms with Gasteiger partial charge in [-0.15, -0.1) is 0 Å². The van der Waals surface area contributed by atoms with Gasteiger partial charge in [0.05, 0.1) is 0 Å². The Morgan fingerprint density at radius 1 is 1.25 bits per heavy atom. The van der Waals surface area contributed by atoms with Gasteiger partial charge in [0.25, 0.3) is 0 Å². The molecule has 0 radical (unpaired) electrons. The molecule has 1 fully saturated rings. The lowest BCUT2D eigenvalue weighted by Gasteiger charge is -2.27. The van der Waals surface area contributed by atoms with Gasteiger partial charge in [0.2, 0.25) is 0 Å². The molecule has 3 unspecified atom stereocenters. The van der Waals surface area contributed by atoms with Gasteiger partial charge >= 0.3 is 5.97 Å². The molecule has 0 N–H and O–H groups in total. The molecule has 16 heavy (non-hydrogen) atoms. The number of carbonyl (C=O) groups is 1. The molecular formula is C13H25NO2. The minimum absolute atomic E-state index is 0.103. The Hall–Kier alpha value is -0.570. The van der Waals surface area contributed by atoms with E-state index in [4.69, 9.17) is 4.74 Å². The topological polar surface area (TPSA) is 29.5 Å². The maximum atomic E-state index is 11.9. The number of likely N-dealkylation sites (tertiary alicyclic amines) is 1. The predicted octanol–water partition coefficient (Wildman–Crippen LogP) is 2.30. The maximum absolute atomic E-state index is 11.9. The molecule has 3 nitrogen and oxygen atoms in total. The average molecular weight is 227 g/mol. The second-order valence-electron chi connectivity index (χ2n) is 6.12. The monoisotopic (exact) mass is 227 g/mol. The van der Waals surface area contributed by atoms with Crippen molar-refractivity contribution in [2.24, 2.45) is 11.8 Å². The van der Waals surface area contributed by atoms with Gasteiger partial charge in [-0.25, -0.2) is 0 Å². The molecule has 0 spiro atoms. The molecule has 94 valence electrons. The highest BCUT2D eigenvalue weighted by Gasteiger charge is 2.33. The van der Waals surface area contributed by atoms with Crippen LogP contribution < -0.4 is 0 Å². The molecule has 0 aliphatic carbocycles. The van der Waals surface area contributed by atoms with Crippen molar-refractivity contribution in [3.63, 3.8) is 0 Å². The normalized spacial score (nSPS) is 29.1. The number of carbonyl (C=O) groups excluding carboxylic acids is 1. The minimum Gasteiger partial charge on any atom is -0.459 e. The zero-order valence-corrected chi connectivity index (χ0v) is 11.4. The van der Waals surface area contributed by atoms with E-state index in [0.29, 0.717) is 11.8 Å². The second-order valence-corrected chi connectivity index (χ2v) is 6.12. The van der Waals surface area contributed by atoms with Gasteiger partial charge < -0.3 is 4.74 Å². The van der Waals surface area contributed by atoms with Crippen LogP contribution in [0, 0.1) is 11.8 Å². The summed E-state index contributed by atoms with van der Waals surface area (Å²) in [5.74, 6) is 1.24. The first-order valence-corrected chi connectivity index (χ1v) is 6.17. The highest BCUT2D eigenvalue weighted by Crippen LogP contribution is 2.24. The molecule has 1 heterocycles. The molecule has 3 heteroatoms. The van der Waals surface area contributed by atoms with Crippen LogP contribution >= 0.6 is 0 Å². The van der Waals surface area contributed by atoms with E-state index in [2.05, 4.69) is 18.7 Å². The summed E-state index contributed by atoms with van der Waals surface area (Å²) in [5.41, 5.74) is -0.387. The molecule has 1 saturated heterocycles. The van der Waals surface area contributed by atoms with E-state index in [9.17, 15) is 4.79 Å². The summed E-state index contributed by atoms with van der Waals surface area (Å²) in [6, 6.07) is -0.119. The van der Waals surface area contributed by atoms with Gasteiger partial charge in [0.15, 0.2) is 0 Å². The number of rotatable bonds is 2. The second kappa shape index (κ2) is 4.74. The van der Waals surface area contributed by atoms with E-state index >= 15 is 0 Å². The Bertz CT molecular complexity index is 247. The third kappa shape index (κ3) is 3.48. The first-order valence-electron chi connectivity index (χ1n) is 6.17. The summed E-state index contributed by atoms with van der Waals surface area (Å²) < 4.78 is 5.40. The van der Waals surface area contributed by atoms with Crippen molar-refractivity contribution in [2.75, 3.05) is 13.1 Å². The molecular weight excluding hydrogens is 202 g/mol. The van der Waals surface area contributed by atoms with Crippen LogP contribution in [0.25, 0.3) is 0 Å². The van der Waals surface area contributed by atoms with Crippen LogP contribution in [0.3, 0.4) is 0 Å². The summed E-state index contributed by atoms with van der Waals surface area (Å²) in [6.45, 7) is 14.2. The third-order valence-electron chi connectivity index (χ3n) is 3.31. The number of nitrogens with zero attached hydrogens (tertiary/aromatic N) is 1. The fourth-order valence-corrected chi connectivity index (χ4v) is 2.03. The molecule has 0 bridgehead atoms. The van der Waals surface area contributed by atoms with Gasteiger partial charge in [-0.3, -0.25) is 9.69 Å². The van der Waals surface area contributed by atoms with E-state index < -0.39 is 0 Å². The van der Waals surface area contributed by atoms with Crippen LogP contribution in [-0.2, 0) is 9.53 Å². The predicted molar refractivity (Wildman–Crippen MR) is 65.2 cm³/mol. The van der Waals surface area contributed by atoms with Crippen molar-refractivity contribution in [3.05, 3.63) is 0 Å². The zero-order valence-electron chi connectivity index (χ0n) is 11.4. The van der Waals surface area contributed by atoms with Crippen molar-refractivity contribution < 1.29 is 9.53 Å². The third-order valence-corrected chi connectivity index (χ3v) is 3.31. The number of hydrogen-bond acceptors (Lipinski definition) is 3. The van der Waals surface area contributed by atoms with Gasteiger partial charge in [-0.2, -0.15) is 0 Å². The van der Waals surface area contributed by atoms with Crippen molar-refractivity contribution in [1.29, 1.82) is 0 Å². The Balaban J connectivity index is 2.52. The largest absolute Gasteiger partial charge is 0.459 e. The molecule has 0 aromatic heterocycles. The van der Waals surface area contributed by atoms with Crippen LogP contribution in [0.1, 0.15) is 41.5 Å². The van der Waals surface area contributed by atoms with Crippen molar-refractivity contribution in [3.8, 4) is 0 Å². The van der Waals surface area contributed by atoms with Crippen LogP contribution in [0.2, 0.25) is 0 Å². The van der Waals surface area contributed by atoms with Crippen LogP contribution in [0.15, 0.2) is 0 Å².